The van der Waals surface area contributed by atoms with Crippen molar-refractivity contribution in [2.24, 2.45) is 5.73 Å². The number of piperazine rings is 1. The van der Waals surface area contributed by atoms with Crippen LogP contribution in [-0.2, 0) is 4.79 Å². The van der Waals surface area contributed by atoms with Crippen LogP contribution in [0.2, 0.25) is 0 Å². The molecule has 0 unspecified atom stereocenters. The Morgan fingerprint density at radius 3 is 2.44 bits per heavy atom. The van der Waals surface area contributed by atoms with E-state index in [0.29, 0.717) is 6.42 Å². The predicted molar refractivity (Wildman–Crippen MR) is 72.1 cm³/mol. The van der Waals surface area contributed by atoms with Gasteiger partial charge in [-0.05, 0) is 12.6 Å². The van der Waals surface area contributed by atoms with E-state index in [1.807, 2.05) is 35.2 Å². The first-order chi connectivity index (χ1) is 8.66. The molecule has 98 valence electrons. The van der Waals surface area contributed by atoms with Gasteiger partial charge in [-0.15, -0.1) is 0 Å². The molecule has 1 aliphatic heterocycles. The van der Waals surface area contributed by atoms with E-state index in [0.717, 1.165) is 31.7 Å². The molecule has 0 radical (unpaired) electrons. The molecule has 0 bridgehead atoms. The normalized spacial score (nSPS) is 18.7. The summed E-state index contributed by atoms with van der Waals surface area (Å²) in [5.74, 6) is 0.166. The predicted octanol–water partition coefficient (Wildman–Crippen LogP) is 0.850. The number of amides is 1. The van der Waals surface area contributed by atoms with Crippen molar-refractivity contribution in [1.82, 2.24) is 9.80 Å². The average molecular weight is 247 g/mol. The number of hydrogen-bond donors (Lipinski definition) is 1. The minimum atomic E-state index is -0.196. The topological polar surface area (TPSA) is 49.6 Å². The highest BCUT2D eigenvalue weighted by molar-refractivity contribution is 5.77. The van der Waals surface area contributed by atoms with E-state index in [9.17, 15) is 4.79 Å². The van der Waals surface area contributed by atoms with Crippen LogP contribution in [0, 0.1) is 0 Å². The second-order valence-corrected chi connectivity index (χ2v) is 4.91. The van der Waals surface area contributed by atoms with Crippen LogP contribution in [0.5, 0.6) is 0 Å². The van der Waals surface area contributed by atoms with Crippen molar-refractivity contribution in [2.75, 3.05) is 33.2 Å². The lowest BCUT2D eigenvalue weighted by Crippen LogP contribution is -2.47. The van der Waals surface area contributed by atoms with Crippen molar-refractivity contribution in [3.63, 3.8) is 0 Å². The highest BCUT2D eigenvalue weighted by Crippen LogP contribution is 2.15. The number of nitrogens with two attached hydrogens (primary N) is 1. The Morgan fingerprint density at radius 1 is 1.22 bits per heavy atom. The van der Waals surface area contributed by atoms with Crippen LogP contribution in [0.15, 0.2) is 30.3 Å². The molecule has 0 aromatic heterocycles. The summed E-state index contributed by atoms with van der Waals surface area (Å²) >= 11 is 0. The van der Waals surface area contributed by atoms with Crippen LogP contribution in [-0.4, -0.2) is 48.9 Å². The summed E-state index contributed by atoms with van der Waals surface area (Å²) in [4.78, 5) is 16.3. The van der Waals surface area contributed by atoms with Gasteiger partial charge in [0.1, 0.15) is 0 Å². The molecule has 2 N–H and O–H groups in total. The maximum atomic E-state index is 12.1. The Hall–Kier alpha value is -1.39. The Bertz CT molecular complexity index is 385. The third-order valence-electron chi connectivity index (χ3n) is 3.48. The molecular weight excluding hydrogens is 226 g/mol. The number of carbonyl (C=O) groups is 1. The van der Waals surface area contributed by atoms with E-state index in [2.05, 4.69) is 11.9 Å². The quantitative estimate of drug-likeness (QED) is 0.861. The van der Waals surface area contributed by atoms with Crippen molar-refractivity contribution in [3.8, 4) is 0 Å². The second-order valence-electron chi connectivity index (χ2n) is 4.91. The summed E-state index contributed by atoms with van der Waals surface area (Å²) in [5, 5.41) is 0. The molecule has 1 aromatic rings. The van der Waals surface area contributed by atoms with Crippen LogP contribution in [0.1, 0.15) is 18.0 Å². The SMILES string of the molecule is CN1CCN(C(=O)C[C@H](N)c2ccccc2)CC1. The van der Waals surface area contributed by atoms with Gasteiger partial charge in [-0.1, -0.05) is 30.3 Å². The maximum Gasteiger partial charge on any atom is 0.224 e. The molecule has 1 fully saturated rings. The highest BCUT2D eigenvalue weighted by atomic mass is 16.2. The molecule has 1 heterocycles. The molecule has 1 atom stereocenters. The van der Waals surface area contributed by atoms with Crippen LogP contribution in [0.4, 0.5) is 0 Å². The molecular formula is C14H21N3O. The third kappa shape index (κ3) is 3.31. The smallest absolute Gasteiger partial charge is 0.224 e. The molecule has 4 heteroatoms. The number of likely N-dealkylation sites (N-methyl/N-ethyl adjacent to an activating group) is 1. The Labute approximate surface area is 108 Å². The minimum absolute atomic E-state index is 0.166. The van der Waals surface area contributed by atoms with Crippen LogP contribution < -0.4 is 5.73 Å². The molecule has 0 aliphatic carbocycles. The molecule has 1 aromatic carbocycles. The van der Waals surface area contributed by atoms with Crippen molar-refractivity contribution < 1.29 is 4.79 Å². The molecule has 1 aliphatic rings. The number of rotatable bonds is 3. The number of benzene rings is 1. The maximum absolute atomic E-state index is 12.1. The van der Waals surface area contributed by atoms with Gasteiger partial charge >= 0.3 is 0 Å². The highest BCUT2D eigenvalue weighted by Gasteiger charge is 2.21. The van der Waals surface area contributed by atoms with E-state index in [4.69, 9.17) is 5.73 Å². The molecule has 4 nitrogen and oxygen atoms in total. The van der Waals surface area contributed by atoms with Crippen molar-refractivity contribution >= 4 is 5.91 Å². The largest absolute Gasteiger partial charge is 0.340 e. The van der Waals surface area contributed by atoms with Crippen LogP contribution >= 0.6 is 0 Å². The summed E-state index contributed by atoms with van der Waals surface area (Å²) in [6, 6.07) is 9.62. The van der Waals surface area contributed by atoms with Crippen LogP contribution in [0.3, 0.4) is 0 Å². The standard InChI is InChI=1S/C14H21N3O/c1-16-7-9-17(10-8-16)14(18)11-13(15)12-5-3-2-4-6-12/h2-6,13H,7-11,15H2,1H3/t13-/m0/s1. The second kappa shape index (κ2) is 5.98. The summed E-state index contributed by atoms with van der Waals surface area (Å²) in [6.07, 6.45) is 0.397. The van der Waals surface area contributed by atoms with E-state index in [1.165, 1.54) is 0 Å². The Balaban J connectivity index is 1.87. The lowest BCUT2D eigenvalue weighted by Gasteiger charge is -2.33. The molecule has 1 amide bonds. The van der Waals surface area contributed by atoms with E-state index in [1.54, 1.807) is 0 Å². The van der Waals surface area contributed by atoms with E-state index >= 15 is 0 Å². The van der Waals surface area contributed by atoms with Gasteiger partial charge in [0, 0.05) is 38.6 Å². The zero-order chi connectivity index (χ0) is 13.0. The fourth-order valence-corrected chi connectivity index (χ4v) is 2.19. The van der Waals surface area contributed by atoms with Crippen molar-refractivity contribution in [2.45, 2.75) is 12.5 Å². The van der Waals surface area contributed by atoms with Crippen molar-refractivity contribution in [1.29, 1.82) is 0 Å². The minimum Gasteiger partial charge on any atom is -0.340 e. The average Bonchev–Trinajstić information content (AvgIpc) is 2.40. The summed E-state index contributed by atoms with van der Waals surface area (Å²) < 4.78 is 0. The van der Waals surface area contributed by atoms with Gasteiger partial charge in [-0.25, -0.2) is 0 Å². The van der Waals surface area contributed by atoms with Gasteiger partial charge in [-0.2, -0.15) is 0 Å². The fraction of sp³-hybridized carbons (Fsp3) is 0.500. The van der Waals surface area contributed by atoms with Crippen LogP contribution in [0.25, 0.3) is 0 Å². The summed E-state index contributed by atoms with van der Waals surface area (Å²) in [5.41, 5.74) is 7.10. The first-order valence-electron chi connectivity index (χ1n) is 6.43. The number of nitrogens with zero attached hydrogens (tertiary/aromatic N) is 2. The molecule has 0 spiro atoms. The van der Waals surface area contributed by atoms with E-state index < -0.39 is 0 Å². The molecule has 2 rings (SSSR count). The van der Waals surface area contributed by atoms with Gasteiger partial charge < -0.3 is 15.5 Å². The van der Waals surface area contributed by atoms with Gasteiger partial charge in [0.2, 0.25) is 5.91 Å². The lowest BCUT2D eigenvalue weighted by molar-refractivity contribution is -0.133. The Kier molecular flexibility index (Phi) is 4.33. The zero-order valence-corrected chi connectivity index (χ0v) is 10.9. The summed E-state index contributed by atoms with van der Waals surface area (Å²) in [6.45, 7) is 3.53. The zero-order valence-electron chi connectivity index (χ0n) is 10.9. The van der Waals surface area contributed by atoms with Gasteiger partial charge in [0.05, 0.1) is 0 Å². The van der Waals surface area contributed by atoms with Gasteiger partial charge in [0.25, 0.3) is 0 Å². The van der Waals surface area contributed by atoms with Gasteiger partial charge in [0.15, 0.2) is 0 Å². The number of hydrogen-bond acceptors (Lipinski definition) is 3. The lowest BCUT2D eigenvalue weighted by atomic mass is 10.0. The first-order valence-corrected chi connectivity index (χ1v) is 6.43. The van der Waals surface area contributed by atoms with E-state index in [-0.39, 0.29) is 11.9 Å². The monoisotopic (exact) mass is 247 g/mol. The molecule has 18 heavy (non-hydrogen) atoms. The first kappa shape index (κ1) is 13.1. The third-order valence-corrected chi connectivity index (χ3v) is 3.48. The fourth-order valence-electron chi connectivity index (χ4n) is 2.19. The Morgan fingerprint density at radius 2 is 1.83 bits per heavy atom. The molecule has 0 saturated carbocycles. The number of carbonyl (C=O) groups excluding carboxylic acids is 1. The summed E-state index contributed by atoms with van der Waals surface area (Å²) in [7, 11) is 2.08. The molecule has 1 saturated heterocycles. The van der Waals surface area contributed by atoms with Gasteiger partial charge in [-0.3, -0.25) is 4.79 Å². The van der Waals surface area contributed by atoms with Crippen molar-refractivity contribution in [3.05, 3.63) is 35.9 Å².